The predicted octanol–water partition coefficient (Wildman–Crippen LogP) is 3.02. The van der Waals surface area contributed by atoms with Gasteiger partial charge in [0.05, 0.1) is 0 Å². The molecule has 0 fully saturated rings. The number of aryl methyl sites for hydroxylation is 1. The Morgan fingerprint density at radius 3 is 2.44 bits per heavy atom. The second-order valence-corrected chi connectivity index (χ2v) is 4.07. The van der Waals surface area contributed by atoms with Crippen LogP contribution in [-0.4, -0.2) is 31.1 Å². The zero-order chi connectivity index (χ0) is 12.0. The molecule has 0 saturated heterocycles. The maximum absolute atomic E-state index is 5.81. The van der Waals surface area contributed by atoms with Crippen molar-refractivity contribution in [3.05, 3.63) is 29.3 Å². The number of rotatable bonds is 6. The first kappa shape index (κ1) is 13.0. The van der Waals surface area contributed by atoms with E-state index in [4.69, 9.17) is 4.74 Å². The Hall–Kier alpha value is -1.02. The van der Waals surface area contributed by atoms with Crippen LogP contribution in [0.1, 0.15) is 25.0 Å². The van der Waals surface area contributed by atoms with E-state index in [0.29, 0.717) is 0 Å². The van der Waals surface area contributed by atoms with E-state index in [1.807, 2.05) is 6.07 Å². The van der Waals surface area contributed by atoms with Crippen molar-refractivity contribution < 1.29 is 4.74 Å². The van der Waals surface area contributed by atoms with Crippen LogP contribution in [0.4, 0.5) is 0 Å². The minimum atomic E-state index is 0.770. The SMILES string of the molecule is CCN(CC)CCOc1cccc(C)c1C. The lowest BCUT2D eigenvalue weighted by molar-refractivity contribution is 0.222. The van der Waals surface area contributed by atoms with Gasteiger partial charge in [-0.1, -0.05) is 26.0 Å². The van der Waals surface area contributed by atoms with Gasteiger partial charge in [-0.05, 0) is 44.1 Å². The third kappa shape index (κ3) is 3.53. The van der Waals surface area contributed by atoms with Gasteiger partial charge < -0.3 is 9.64 Å². The molecule has 0 heterocycles. The molecule has 0 amide bonds. The Bertz CT molecular complexity index is 319. The fourth-order valence-electron chi connectivity index (χ4n) is 1.71. The minimum Gasteiger partial charge on any atom is -0.492 e. The zero-order valence-corrected chi connectivity index (χ0v) is 10.9. The first-order valence-electron chi connectivity index (χ1n) is 6.10. The molecule has 0 unspecified atom stereocenters. The first-order valence-corrected chi connectivity index (χ1v) is 6.10. The molecule has 2 heteroatoms. The van der Waals surface area contributed by atoms with E-state index in [9.17, 15) is 0 Å². The molecule has 90 valence electrons. The van der Waals surface area contributed by atoms with Crippen LogP contribution in [0.25, 0.3) is 0 Å². The van der Waals surface area contributed by atoms with E-state index in [2.05, 4.69) is 44.7 Å². The van der Waals surface area contributed by atoms with Gasteiger partial charge in [0.2, 0.25) is 0 Å². The van der Waals surface area contributed by atoms with E-state index in [1.165, 1.54) is 11.1 Å². The Labute approximate surface area is 99.2 Å². The molecule has 1 aromatic rings. The van der Waals surface area contributed by atoms with E-state index in [1.54, 1.807) is 0 Å². The Kier molecular flexibility index (Phi) is 5.33. The maximum atomic E-state index is 5.81. The topological polar surface area (TPSA) is 12.5 Å². The molecule has 0 aliphatic carbocycles. The van der Waals surface area contributed by atoms with Crippen molar-refractivity contribution in [2.24, 2.45) is 0 Å². The lowest BCUT2D eigenvalue weighted by atomic mass is 10.1. The number of likely N-dealkylation sites (N-methyl/N-ethyl adjacent to an activating group) is 1. The van der Waals surface area contributed by atoms with Crippen LogP contribution in [0.2, 0.25) is 0 Å². The summed E-state index contributed by atoms with van der Waals surface area (Å²) in [6.45, 7) is 12.5. The fraction of sp³-hybridized carbons (Fsp3) is 0.571. The van der Waals surface area contributed by atoms with Crippen molar-refractivity contribution in [2.75, 3.05) is 26.2 Å². The monoisotopic (exact) mass is 221 g/mol. The van der Waals surface area contributed by atoms with Crippen molar-refractivity contribution in [1.82, 2.24) is 4.90 Å². The molecule has 0 aliphatic rings. The number of benzene rings is 1. The van der Waals surface area contributed by atoms with Crippen LogP contribution in [-0.2, 0) is 0 Å². The fourth-order valence-corrected chi connectivity index (χ4v) is 1.71. The van der Waals surface area contributed by atoms with E-state index in [-0.39, 0.29) is 0 Å². The summed E-state index contributed by atoms with van der Waals surface area (Å²) in [6.07, 6.45) is 0. The second-order valence-electron chi connectivity index (χ2n) is 4.07. The third-order valence-electron chi connectivity index (χ3n) is 3.11. The van der Waals surface area contributed by atoms with Gasteiger partial charge in [0.15, 0.2) is 0 Å². The summed E-state index contributed by atoms with van der Waals surface area (Å²) in [7, 11) is 0. The summed E-state index contributed by atoms with van der Waals surface area (Å²) in [5, 5.41) is 0. The van der Waals surface area contributed by atoms with Crippen LogP contribution >= 0.6 is 0 Å². The standard InChI is InChI=1S/C14H23NO/c1-5-15(6-2)10-11-16-14-9-7-8-12(3)13(14)4/h7-9H,5-6,10-11H2,1-4H3. The molecule has 0 N–H and O–H groups in total. The van der Waals surface area contributed by atoms with Gasteiger partial charge in [-0.2, -0.15) is 0 Å². The molecule has 0 atom stereocenters. The Morgan fingerprint density at radius 2 is 1.81 bits per heavy atom. The average molecular weight is 221 g/mol. The Balaban J connectivity index is 2.46. The molecule has 0 aliphatic heterocycles. The van der Waals surface area contributed by atoms with Crippen molar-refractivity contribution in [2.45, 2.75) is 27.7 Å². The molecule has 1 rings (SSSR count). The van der Waals surface area contributed by atoms with Crippen molar-refractivity contribution in [1.29, 1.82) is 0 Å². The highest BCUT2D eigenvalue weighted by Crippen LogP contribution is 2.20. The molecular weight excluding hydrogens is 198 g/mol. The van der Waals surface area contributed by atoms with Crippen LogP contribution in [0.5, 0.6) is 5.75 Å². The molecule has 0 aromatic heterocycles. The minimum absolute atomic E-state index is 0.770. The summed E-state index contributed by atoms with van der Waals surface area (Å²) >= 11 is 0. The second kappa shape index (κ2) is 6.54. The Morgan fingerprint density at radius 1 is 1.12 bits per heavy atom. The molecule has 16 heavy (non-hydrogen) atoms. The summed E-state index contributed by atoms with van der Waals surface area (Å²) in [6, 6.07) is 6.21. The van der Waals surface area contributed by atoms with Crippen LogP contribution in [0.3, 0.4) is 0 Å². The molecule has 1 aromatic carbocycles. The predicted molar refractivity (Wildman–Crippen MR) is 69.2 cm³/mol. The van der Waals surface area contributed by atoms with Crippen LogP contribution < -0.4 is 4.74 Å². The van der Waals surface area contributed by atoms with Crippen LogP contribution in [0, 0.1) is 13.8 Å². The zero-order valence-electron chi connectivity index (χ0n) is 10.9. The van der Waals surface area contributed by atoms with E-state index >= 15 is 0 Å². The van der Waals surface area contributed by atoms with Crippen LogP contribution in [0.15, 0.2) is 18.2 Å². The normalized spacial score (nSPS) is 10.8. The number of nitrogens with zero attached hydrogens (tertiary/aromatic N) is 1. The van der Waals surface area contributed by atoms with Gasteiger partial charge in [0.25, 0.3) is 0 Å². The molecule has 0 radical (unpaired) electrons. The smallest absolute Gasteiger partial charge is 0.122 e. The molecule has 0 saturated carbocycles. The van der Waals surface area contributed by atoms with Gasteiger partial charge in [0, 0.05) is 6.54 Å². The number of ether oxygens (including phenoxy) is 1. The van der Waals surface area contributed by atoms with Gasteiger partial charge in [-0.25, -0.2) is 0 Å². The van der Waals surface area contributed by atoms with Crippen molar-refractivity contribution >= 4 is 0 Å². The van der Waals surface area contributed by atoms with E-state index < -0.39 is 0 Å². The lowest BCUT2D eigenvalue weighted by Crippen LogP contribution is -2.28. The number of hydrogen-bond donors (Lipinski definition) is 0. The maximum Gasteiger partial charge on any atom is 0.122 e. The number of hydrogen-bond acceptors (Lipinski definition) is 2. The highest BCUT2D eigenvalue weighted by molar-refractivity contribution is 5.38. The summed E-state index contributed by atoms with van der Waals surface area (Å²) in [4.78, 5) is 2.37. The largest absolute Gasteiger partial charge is 0.492 e. The van der Waals surface area contributed by atoms with Crippen molar-refractivity contribution in [3.8, 4) is 5.75 Å². The highest BCUT2D eigenvalue weighted by atomic mass is 16.5. The summed E-state index contributed by atoms with van der Waals surface area (Å²) < 4.78 is 5.81. The molecule has 0 spiro atoms. The lowest BCUT2D eigenvalue weighted by Gasteiger charge is -2.18. The molecular formula is C14H23NO. The first-order chi connectivity index (χ1) is 7.69. The highest BCUT2D eigenvalue weighted by Gasteiger charge is 2.03. The van der Waals surface area contributed by atoms with E-state index in [0.717, 1.165) is 32.0 Å². The molecule has 2 nitrogen and oxygen atoms in total. The van der Waals surface area contributed by atoms with Gasteiger partial charge in [0.1, 0.15) is 12.4 Å². The summed E-state index contributed by atoms with van der Waals surface area (Å²) in [5.74, 6) is 1.02. The average Bonchev–Trinajstić information content (AvgIpc) is 2.30. The van der Waals surface area contributed by atoms with Crippen molar-refractivity contribution in [3.63, 3.8) is 0 Å². The quantitative estimate of drug-likeness (QED) is 0.732. The third-order valence-corrected chi connectivity index (χ3v) is 3.11. The molecule has 0 bridgehead atoms. The van der Waals surface area contributed by atoms with Gasteiger partial charge in [-0.3, -0.25) is 0 Å². The van der Waals surface area contributed by atoms with Gasteiger partial charge in [-0.15, -0.1) is 0 Å². The summed E-state index contributed by atoms with van der Waals surface area (Å²) in [5.41, 5.74) is 2.54. The van der Waals surface area contributed by atoms with Gasteiger partial charge >= 0.3 is 0 Å².